The maximum Gasteiger partial charge on any atom is 0.328 e. The number of carboxylic acids is 1. The summed E-state index contributed by atoms with van der Waals surface area (Å²) in [4.78, 5) is 46.8. The summed E-state index contributed by atoms with van der Waals surface area (Å²) in [5.41, 5.74) is 0. The Morgan fingerprint density at radius 3 is 2.36 bits per heavy atom. The number of hydrogen-bond donors (Lipinski definition) is 6. The van der Waals surface area contributed by atoms with Crippen molar-refractivity contribution in [3.63, 3.8) is 0 Å². The van der Waals surface area contributed by atoms with Crippen LogP contribution in [0, 0.1) is 5.92 Å². The largest absolute Gasteiger partial charge is 0.480 e. The first-order chi connectivity index (χ1) is 11.8. The topological polar surface area (TPSA) is 157 Å². The molecule has 3 atom stereocenters. The third-order valence-corrected chi connectivity index (χ3v) is 3.86. The van der Waals surface area contributed by atoms with Gasteiger partial charge in [0, 0.05) is 0 Å². The zero-order chi connectivity index (χ0) is 19.0. The van der Waals surface area contributed by atoms with E-state index in [4.69, 9.17) is 10.2 Å². The van der Waals surface area contributed by atoms with Crippen LogP contribution < -0.4 is 21.3 Å². The van der Waals surface area contributed by atoms with Crippen molar-refractivity contribution in [2.75, 3.05) is 19.7 Å². The molecule has 0 spiro atoms. The van der Waals surface area contributed by atoms with Gasteiger partial charge < -0.3 is 31.5 Å². The van der Waals surface area contributed by atoms with Gasteiger partial charge in [-0.2, -0.15) is 0 Å². The van der Waals surface area contributed by atoms with Gasteiger partial charge in [0.05, 0.1) is 19.2 Å². The van der Waals surface area contributed by atoms with Gasteiger partial charge in [-0.3, -0.25) is 14.4 Å². The van der Waals surface area contributed by atoms with Gasteiger partial charge in [-0.25, -0.2) is 4.79 Å². The van der Waals surface area contributed by atoms with E-state index in [0.717, 1.165) is 13.0 Å². The van der Waals surface area contributed by atoms with Crippen molar-refractivity contribution in [1.29, 1.82) is 0 Å². The number of nitrogens with one attached hydrogen (secondary N) is 4. The quantitative estimate of drug-likeness (QED) is 0.267. The first-order valence-electron chi connectivity index (χ1n) is 8.20. The Labute approximate surface area is 145 Å². The van der Waals surface area contributed by atoms with Gasteiger partial charge in [0.1, 0.15) is 12.1 Å². The van der Waals surface area contributed by atoms with Crippen LogP contribution in [0.3, 0.4) is 0 Å². The zero-order valence-electron chi connectivity index (χ0n) is 14.4. The fourth-order valence-electron chi connectivity index (χ4n) is 2.41. The van der Waals surface area contributed by atoms with Crippen molar-refractivity contribution in [3.8, 4) is 0 Å². The number of amides is 3. The lowest BCUT2D eigenvalue weighted by molar-refractivity contribution is -0.143. The number of aliphatic hydroxyl groups excluding tert-OH is 1. The van der Waals surface area contributed by atoms with Crippen LogP contribution in [0.4, 0.5) is 0 Å². The Morgan fingerprint density at radius 1 is 1.20 bits per heavy atom. The highest BCUT2D eigenvalue weighted by Crippen LogP contribution is 2.05. The summed E-state index contributed by atoms with van der Waals surface area (Å²) in [5.74, 6) is -3.24. The zero-order valence-corrected chi connectivity index (χ0v) is 14.4. The monoisotopic (exact) mass is 358 g/mol. The van der Waals surface area contributed by atoms with Crippen molar-refractivity contribution >= 4 is 23.7 Å². The normalized spacial score (nSPS) is 19.1. The van der Waals surface area contributed by atoms with E-state index in [2.05, 4.69) is 21.3 Å². The standard InChI is InChI=1S/C15H26N4O6/c1-8(2)12(14(23)18-10(7-20)15(24)25)19-11(21)6-17-13(22)9-4-3-5-16-9/h8-10,12,16,20H,3-7H2,1-2H3,(H,17,22)(H,18,23)(H,19,21)(H,24,25). The van der Waals surface area contributed by atoms with Crippen molar-refractivity contribution < 1.29 is 29.4 Å². The molecule has 0 aromatic rings. The van der Waals surface area contributed by atoms with Crippen LogP contribution >= 0.6 is 0 Å². The average Bonchev–Trinajstić information content (AvgIpc) is 3.09. The predicted molar refractivity (Wildman–Crippen MR) is 87.5 cm³/mol. The molecule has 25 heavy (non-hydrogen) atoms. The molecule has 10 nitrogen and oxygen atoms in total. The molecule has 3 unspecified atom stereocenters. The lowest BCUT2D eigenvalue weighted by Gasteiger charge is -2.23. The highest BCUT2D eigenvalue weighted by molar-refractivity contribution is 5.92. The van der Waals surface area contributed by atoms with Crippen LogP contribution in [0.5, 0.6) is 0 Å². The number of carbonyl (C=O) groups excluding carboxylic acids is 3. The maximum atomic E-state index is 12.1. The Bertz CT molecular complexity index is 504. The minimum Gasteiger partial charge on any atom is -0.480 e. The van der Waals surface area contributed by atoms with Crippen LogP contribution in [0.15, 0.2) is 0 Å². The molecule has 1 aliphatic rings. The molecule has 0 radical (unpaired) electrons. The van der Waals surface area contributed by atoms with Crippen LogP contribution in [0.1, 0.15) is 26.7 Å². The molecule has 1 rings (SSSR count). The summed E-state index contributed by atoms with van der Waals surface area (Å²) in [7, 11) is 0. The second kappa shape index (κ2) is 9.94. The number of carboxylic acid groups (broad SMARTS) is 1. The van der Waals surface area contributed by atoms with E-state index in [9.17, 15) is 19.2 Å². The predicted octanol–water partition coefficient (Wildman–Crippen LogP) is -2.44. The Hall–Kier alpha value is -2.20. The first-order valence-corrected chi connectivity index (χ1v) is 8.20. The molecule has 0 aromatic carbocycles. The smallest absolute Gasteiger partial charge is 0.328 e. The Kier molecular flexibility index (Phi) is 8.29. The van der Waals surface area contributed by atoms with Crippen molar-refractivity contribution in [2.45, 2.75) is 44.8 Å². The number of carbonyl (C=O) groups is 4. The molecule has 0 bridgehead atoms. The average molecular weight is 358 g/mol. The van der Waals surface area contributed by atoms with E-state index in [1.165, 1.54) is 0 Å². The van der Waals surface area contributed by atoms with E-state index in [0.29, 0.717) is 6.42 Å². The van der Waals surface area contributed by atoms with E-state index in [1.807, 2.05) is 0 Å². The summed E-state index contributed by atoms with van der Waals surface area (Å²) in [6.45, 7) is 3.08. The van der Waals surface area contributed by atoms with Crippen molar-refractivity contribution in [1.82, 2.24) is 21.3 Å². The number of aliphatic carboxylic acids is 1. The van der Waals surface area contributed by atoms with E-state index in [1.54, 1.807) is 13.8 Å². The van der Waals surface area contributed by atoms with Gasteiger partial charge in [-0.05, 0) is 25.3 Å². The minimum atomic E-state index is -1.45. The Balaban J connectivity index is 2.52. The molecular formula is C15H26N4O6. The van der Waals surface area contributed by atoms with Crippen LogP contribution in [0.25, 0.3) is 0 Å². The molecule has 1 aliphatic heterocycles. The number of rotatable bonds is 9. The molecule has 0 aromatic heterocycles. The highest BCUT2D eigenvalue weighted by atomic mass is 16.4. The molecule has 3 amide bonds. The van der Waals surface area contributed by atoms with Gasteiger partial charge >= 0.3 is 5.97 Å². The first kappa shape index (κ1) is 20.8. The van der Waals surface area contributed by atoms with Crippen LogP contribution in [-0.4, -0.2) is 71.7 Å². The molecule has 1 saturated heterocycles. The summed E-state index contributed by atoms with van der Waals surface area (Å²) < 4.78 is 0. The minimum absolute atomic E-state index is 0.274. The molecule has 142 valence electrons. The lowest BCUT2D eigenvalue weighted by atomic mass is 10.0. The molecule has 1 heterocycles. The van der Waals surface area contributed by atoms with Gasteiger partial charge in [0.25, 0.3) is 0 Å². The van der Waals surface area contributed by atoms with E-state index in [-0.39, 0.29) is 24.4 Å². The molecule has 0 aliphatic carbocycles. The second-order valence-electron chi connectivity index (χ2n) is 6.24. The van der Waals surface area contributed by atoms with Crippen molar-refractivity contribution in [3.05, 3.63) is 0 Å². The molecule has 0 saturated carbocycles. The Morgan fingerprint density at radius 2 is 1.88 bits per heavy atom. The molecule has 1 fully saturated rings. The fraction of sp³-hybridized carbons (Fsp3) is 0.733. The maximum absolute atomic E-state index is 12.1. The van der Waals surface area contributed by atoms with Crippen LogP contribution in [0.2, 0.25) is 0 Å². The lowest BCUT2D eigenvalue weighted by Crippen LogP contribution is -2.56. The van der Waals surface area contributed by atoms with E-state index < -0.39 is 36.5 Å². The van der Waals surface area contributed by atoms with Gasteiger partial charge in [-0.15, -0.1) is 0 Å². The van der Waals surface area contributed by atoms with Gasteiger partial charge in [0.15, 0.2) is 0 Å². The highest BCUT2D eigenvalue weighted by Gasteiger charge is 2.28. The van der Waals surface area contributed by atoms with Crippen LogP contribution in [-0.2, 0) is 19.2 Å². The summed E-state index contributed by atoms with van der Waals surface area (Å²) in [6.07, 6.45) is 1.61. The summed E-state index contributed by atoms with van der Waals surface area (Å²) in [5, 5.41) is 28.0. The number of hydrogen-bond acceptors (Lipinski definition) is 6. The third kappa shape index (κ3) is 6.67. The summed E-state index contributed by atoms with van der Waals surface area (Å²) in [6, 6.07) is -2.74. The summed E-state index contributed by atoms with van der Waals surface area (Å²) >= 11 is 0. The molecule has 6 N–H and O–H groups in total. The van der Waals surface area contributed by atoms with E-state index >= 15 is 0 Å². The SMILES string of the molecule is CC(C)C(NC(=O)CNC(=O)C1CCCN1)C(=O)NC(CO)C(=O)O. The number of aliphatic hydroxyl groups is 1. The second-order valence-corrected chi connectivity index (χ2v) is 6.24. The molecular weight excluding hydrogens is 332 g/mol. The third-order valence-electron chi connectivity index (χ3n) is 3.86. The molecule has 10 heteroatoms. The van der Waals surface area contributed by atoms with Crippen molar-refractivity contribution in [2.24, 2.45) is 5.92 Å². The van der Waals surface area contributed by atoms with Gasteiger partial charge in [-0.1, -0.05) is 13.8 Å². The fourth-order valence-corrected chi connectivity index (χ4v) is 2.41. The van der Waals surface area contributed by atoms with Gasteiger partial charge in [0.2, 0.25) is 17.7 Å².